The molecule has 1 aromatic heterocycles. The maximum Gasteiger partial charge on any atom is 0.0375 e. The van der Waals surface area contributed by atoms with Gasteiger partial charge >= 0.3 is 0 Å². The third kappa shape index (κ3) is 3.31. The third-order valence-electron chi connectivity index (χ3n) is 3.33. The summed E-state index contributed by atoms with van der Waals surface area (Å²) in [5.41, 5.74) is 2.52. The molecule has 1 unspecified atom stereocenters. The lowest BCUT2D eigenvalue weighted by Crippen LogP contribution is -2.21. The molecule has 1 atom stereocenters. The van der Waals surface area contributed by atoms with Gasteiger partial charge in [-0.2, -0.15) is 0 Å². The molecule has 1 fully saturated rings. The molecule has 0 saturated heterocycles. The fourth-order valence-electron chi connectivity index (χ4n) is 2.23. The van der Waals surface area contributed by atoms with Gasteiger partial charge in [-0.1, -0.05) is 19.8 Å². The van der Waals surface area contributed by atoms with Gasteiger partial charge < -0.3 is 5.32 Å². The van der Waals surface area contributed by atoms with E-state index in [1.54, 1.807) is 0 Å². The quantitative estimate of drug-likeness (QED) is 0.793. The van der Waals surface area contributed by atoms with Crippen molar-refractivity contribution in [1.29, 1.82) is 0 Å². The standard InChI is InChI=1S/C14H22N2/c1-3-15-14(7-6-12-4-5-12)13-8-9-16-11(2)10-13/h8-10,12,14-15H,3-7H2,1-2H3. The van der Waals surface area contributed by atoms with Crippen LogP contribution in [0.1, 0.15) is 49.9 Å². The van der Waals surface area contributed by atoms with Crippen molar-refractivity contribution < 1.29 is 0 Å². The van der Waals surface area contributed by atoms with Gasteiger partial charge in [0.1, 0.15) is 0 Å². The van der Waals surface area contributed by atoms with E-state index in [-0.39, 0.29) is 0 Å². The van der Waals surface area contributed by atoms with Crippen LogP contribution in [0.25, 0.3) is 0 Å². The second kappa shape index (κ2) is 5.44. The highest BCUT2D eigenvalue weighted by Gasteiger charge is 2.22. The number of nitrogens with one attached hydrogen (secondary N) is 1. The Bertz CT molecular complexity index is 331. The van der Waals surface area contributed by atoms with Gasteiger partial charge in [0.2, 0.25) is 0 Å². The Labute approximate surface area is 98.5 Å². The summed E-state index contributed by atoms with van der Waals surface area (Å²) in [6, 6.07) is 4.88. The first-order chi connectivity index (χ1) is 7.79. The zero-order valence-corrected chi connectivity index (χ0v) is 10.4. The van der Waals surface area contributed by atoms with E-state index in [0.29, 0.717) is 6.04 Å². The Morgan fingerprint density at radius 2 is 2.31 bits per heavy atom. The summed E-state index contributed by atoms with van der Waals surface area (Å²) in [5.74, 6) is 1.02. The number of aryl methyl sites for hydroxylation is 1. The largest absolute Gasteiger partial charge is 0.310 e. The number of hydrogen-bond acceptors (Lipinski definition) is 2. The van der Waals surface area contributed by atoms with E-state index in [2.05, 4.69) is 36.3 Å². The zero-order chi connectivity index (χ0) is 11.4. The van der Waals surface area contributed by atoms with Crippen LogP contribution in [0.2, 0.25) is 0 Å². The second-order valence-electron chi connectivity index (χ2n) is 4.86. The molecule has 1 aliphatic carbocycles. The maximum absolute atomic E-state index is 4.26. The average Bonchev–Trinajstić information content (AvgIpc) is 3.08. The molecule has 1 saturated carbocycles. The van der Waals surface area contributed by atoms with Gasteiger partial charge in [0.25, 0.3) is 0 Å². The lowest BCUT2D eigenvalue weighted by molar-refractivity contribution is 0.481. The molecule has 0 amide bonds. The number of hydrogen-bond donors (Lipinski definition) is 1. The highest BCUT2D eigenvalue weighted by molar-refractivity contribution is 5.19. The van der Waals surface area contributed by atoms with E-state index < -0.39 is 0 Å². The van der Waals surface area contributed by atoms with E-state index in [4.69, 9.17) is 0 Å². The zero-order valence-electron chi connectivity index (χ0n) is 10.4. The number of rotatable bonds is 6. The fourth-order valence-corrected chi connectivity index (χ4v) is 2.23. The van der Waals surface area contributed by atoms with Crippen LogP contribution in [-0.2, 0) is 0 Å². The summed E-state index contributed by atoms with van der Waals surface area (Å²) in [6.45, 7) is 5.28. The van der Waals surface area contributed by atoms with Gasteiger partial charge in [-0.05, 0) is 49.9 Å². The van der Waals surface area contributed by atoms with Crippen LogP contribution in [0.3, 0.4) is 0 Å². The van der Waals surface area contributed by atoms with Crippen LogP contribution in [0.15, 0.2) is 18.3 Å². The van der Waals surface area contributed by atoms with E-state index in [0.717, 1.165) is 18.2 Å². The van der Waals surface area contributed by atoms with Crippen molar-refractivity contribution in [2.45, 2.75) is 45.6 Å². The molecule has 1 heterocycles. The van der Waals surface area contributed by atoms with Crippen LogP contribution in [0.5, 0.6) is 0 Å². The lowest BCUT2D eigenvalue weighted by atomic mass is 10.0. The monoisotopic (exact) mass is 218 g/mol. The van der Waals surface area contributed by atoms with Gasteiger partial charge in [0, 0.05) is 17.9 Å². The van der Waals surface area contributed by atoms with Gasteiger partial charge in [0.05, 0.1) is 0 Å². The summed E-state index contributed by atoms with van der Waals surface area (Å²) in [7, 11) is 0. The number of aromatic nitrogens is 1. The van der Waals surface area contributed by atoms with Crippen molar-refractivity contribution >= 4 is 0 Å². The predicted molar refractivity (Wildman–Crippen MR) is 67.3 cm³/mol. The van der Waals surface area contributed by atoms with Crippen molar-refractivity contribution in [2.24, 2.45) is 5.92 Å². The predicted octanol–water partition coefficient (Wildman–Crippen LogP) is 3.23. The van der Waals surface area contributed by atoms with Crippen LogP contribution in [0.4, 0.5) is 0 Å². The average molecular weight is 218 g/mol. The summed E-state index contributed by atoms with van der Waals surface area (Å²) < 4.78 is 0. The summed E-state index contributed by atoms with van der Waals surface area (Å²) >= 11 is 0. The van der Waals surface area contributed by atoms with Crippen molar-refractivity contribution in [3.05, 3.63) is 29.6 Å². The smallest absolute Gasteiger partial charge is 0.0375 e. The van der Waals surface area contributed by atoms with E-state index in [9.17, 15) is 0 Å². The Hall–Kier alpha value is -0.890. The van der Waals surface area contributed by atoms with Gasteiger partial charge in [-0.15, -0.1) is 0 Å². The molecule has 1 aliphatic rings. The first kappa shape index (κ1) is 11.6. The van der Waals surface area contributed by atoms with Crippen molar-refractivity contribution in [3.63, 3.8) is 0 Å². The Morgan fingerprint density at radius 1 is 1.50 bits per heavy atom. The molecule has 1 N–H and O–H groups in total. The van der Waals surface area contributed by atoms with Gasteiger partial charge in [-0.3, -0.25) is 4.98 Å². The lowest BCUT2D eigenvalue weighted by Gasteiger charge is -2.18. The Balaban J connectivity index is 1.98. The van der Waals surface area contributed by atoms with Crippen molar-refractivity contribution in [2.75, 3.05) is 6.54 Å². The molecule has 0 aromatic carbocycles. The highest BCUT2D eigenvalue weighted by atomic mass is 14.9. The molecule has 0 aliphatic heterocycles. The first-order valence-corrected chi connectivity index (χ1v) is 6.45. The molecule has 2 heteroatoms. The molecule has 0 bridgehead atoms. The van der Waals surface area contributed by atoms with Crippen LogP contribution < -0.4 is 5.32 Å². The SMILES string of the molecule is CCNC(CCC1CC1)c1ccnc(C)c1. The maximum atomic E-state index is 4.26. The Morgan fingerprint density at radius 3 is 2.94 bits per heavy atom. The van der Waals surface area contributed by atoms with E-state index in [1.807, 2.05) is 6.20 Å². The molecule has 2 nitrogen and oxygen atoms in total. The minimum absolute atomic E-state index is 0.521. The van der Waals surface area contributed by atoms with Gasteiger partial charge in [-0.25, -0.2) is 0 Å². The number of pyridine rings is 1. The normalized spacial score (nSPS) is 17.4. The number of nitrogens with zero attached hydrogens (tertiary/aromatic N) is 1. The molecular formula is C14H22N2. The molecule has 16 heavy (non-hydrogen) atoms. The molecule has 88 valence electrons. The molecule has 2 rings (SSSR count). The molecule has 0 radical (unpaired) electrons. The van der Waals surface area contributed by atoms with Crippen molar-refractivity contribution in [3.8, 4) is 0 Å². The first-order valence-electron chi connectivity index (χ1n) is 6.45. The van der Waals surface area contributed by atoms with Crippen LogP contribution in [0, 0.1) is 12.8 Å². The van der Waals surface area contributed by atoms with Gasteiger partial charge in [0.15, 0.2) is 0 Å². The molecular weight excluding hydrogens is 196 g/mol. The fraction of sp³-hybridized carbons (Fsp3) is 0.643. The summed E-state index contributed by atoms with van der Waals surface area (Å²) in [6.07, 6.45) is 7.47. The minimum atomic E-state index is 0.521. The second-order valence-corrected chi connectivity index (χ2v) is 4.86. The minimum Gasteiger partial charge on any atom is -0.310 e. The van der Waals surface area contributed by atoms with Crippen LogP contribution in [-0.4, -0.2) is 11.5 Å². The highest BCUT2D eigenvalue weighted by Crippen LogP contribution is 2.35. The summed E-state index contributed by atoms with van der Waals surface area (Å²) in [5, 5.41) is 3.58. The van der Waals surface area contributed by atoms with E-state index >= 15 is 0 Å². The topological polar surface area (TPSA) is 24.9 Å². The van der Waals surface area contributed by atoms with Crippen molar-refractivity contribution in [1.82, 2.24) is 10.3 Å². The van der Waals surface area contributed by atoms with E-state index in [1.165, 1.54) is 31.2 Å². The summed E-state index contributed by atoms with van der Waals surface area (Å²) in [4.78, 5) is 4.26. The molecule has 0 spiro atoms. The third-order valence-corrected chi connectivity index (χ3v) is 3.33. The molecule has 1 aromatic rings. The van der Waals surface area contributed by atoms with Crippen LogP contribution >= 0.6 is 0 Å². The Kier molecular flexibility index (Phi) is 3.94.